The first-order valence-corrected chi connectivity index (χ1v) is 13.6. The number of benzene rings is 4. The molecule has 3 nitrogen and oxygen atoms in total. The van der Waals surface area contributed by atoms with E-state index in [0.29, 0.717) is 28.5 Å². The van der Waals surface area contributed by atoms with Crippen LogP contribution >= 0.6 is 23.2 Å². The van der Waals surface area contributed by atoms with Crippen molar-refractivity contribution in [2.45, 2.75) is 31.9 Å². The van der Waals surface area contributed by atoms with Crippen molar-refractivity contribution < 1.29 is 4.74 Å². The number of nitrogens with zero attached hydrogens (tertiary/aromatic N) is 1. The predicted octanol–water partition coefficient (Wildman–Crippen LogP) is 9.46. The van der Waals surface area contributed by atoms with Crippen LogP contribution in [0.25, 0.3) is 0 Å². The van der Waals surface area contributed by atoms with Crippen molar-refractivity contribution in [3.05, 3.63) is 135 Å². The van der Waals surface area contributed by atoms with Gasteiger partial charge in [0.1, 0.15) is 12.4 Å². The number of aryl methyl sites for hydroxylation is 1. The molecule has 38 heavy (non-hydrogen) atoms. The van der Waals surface area contributed by atoms with Gasteiger partial charge in [0.2, 0.25) is 0 Å². The molecule has 0 aromatic heterocycles. The Morgan fingerprint density at radius 2 is 1.71 bits per heavy atom. The second-order valence-corrected chi connectivity index (χ2v) is 10.9. The van der Waals surface area contributed by atoms with Crippen LogP contribution in [-0.2, 0) is 6.61 Å². The standard InChI is InChI=1S/C33H28Cl2N2O/c1-21-5-15-31-30(17-21)28-3-2-4-29(28)33(37-31)23-8-13-27(14-9-23)36-19-24-18-26(35)12-16-32(24)38-20-22-6-10-25(34)11-7-22/h2-3,5-19,28-29,33,37H,4,20H2,1H3/t28-,29-,33-/m1/s1. The maximum absolute atomic E-state index is 6.28. The van der Waals surface area contributed by atoms with Crippen LogP contribution in [0.4, 0.5) is 11.4 Å². The van der Waals surface area contributed by atoms with Crippen LogP contribution in [0.5, 0.6) is 5.75 Å². The highest BCUT2D eigenvalue weighted by molar-refractivity contribution is 6.31. The molecule has 4 aromatic rings. The quantitative estimate of drug-likeness (QED) is 0.196. The van der Waals surface area contributed by atoms with E-state index in [1.165, 1.54) is 22.4 Å². The Balaban J connectivity index is 1.19. The molecular weight excluding hydrogens is 511 g/mol. The Kier molecular flexibility index (Phi) is 6.97. The van der Waals surface area contributed by atoms with Crippen molar-refractivity contribution in [2.75, 3.05) is 5.32 Å². The third-order valence-electron chi connectivity index (χ3n) is 7.40. The molecule has 1 heterocycles. The van der Waals surface area contributed by atoms with Gasteiger partial charge in [-0.05, 0) is 84.5 Å². The lowest BCUT2D eigenvalue weighted by Crippen LogP contribution is -2.29. The van der Waals surface area contributed by atoms with Crippen molar-refractivity contribution >= 4 is 40.8 Å². The second-order valence-electron chi connectivity index (χ2n) is 10.0. The summed E-state index contributed by atoms with van der Waals surface area (Å²) in [5.74, 6) is 1.71. The average Bonchev–Trinajstić information content (AvgIpc) is 3.43. The Morgan fingerprint density at radius 3 is 2.53 bits per heavy atom. The third kappa shape index (κ3) is 5.22. The number of anilines is 1. The Hall–Kier alpha value is -3.53. The van der Waals surface area contributed by atoms with Gasteiger partial charge in [0.05, 0.1) is 11.7 Å². The highest BCUT2D eigenvalue weighted by Gasteiger charge is 2.37. The zero-order chi connectivity index (χ0) is 26.1. The molecule has 2 aliphatic rings. The molecule has 0 bridgehead atoms. The highest BCUT2D eigenvalue weighted by Crippen LogP contribution is 2.50. The van der Waals surface area contributed by atoms with Gasteiger partial charge in [0, 0.05) is 33.4 Å². The van der Waals surface area contributed by atoms with E-state index in [0.717, 1.165) is 29.0 Å². The SMILES string of the molecule is Cc1ccc2c(c1)[C@@H]1C=CC[C@H]1[C@@H](c1ccc(N=Cc3cc(Cl)ccc3OCc3ccc(Cl)cc3)cc1)N2. The maximum atomic E-state index is 6.28. The lowest BCUT2D eigenvalue weighted by molar-refractivity contribution is 0.306. The zero-order valence-electron chi connectivity index (χ0n) is 21.1. The summed E-state index contributed by atoms with van der Waals surface area (Å²) in [4.78, 5) is 4.73. The highest BCUT2D eigenvalue weighted by atomic mass is 35.5. The summed E-state index contributed by atoms with van der Waals surface area (Å²) in [6, 6.07) is 28.7. The van der Waals surface area contributed by atoms with Crippen LogP contribution in [0.2, 0.25) is 10.0 Å². The van der Waals surface area contributed by atoms with Crippen LogP contribution in [0.15, 0.2) is 102 Å². The summed E-state index contributed by atoms with van der Waals surface area (Å²) < 4.78 is 6.07. The minimum atomic E-state index is 0.268. The minimum Gasteiger partial charge on any atom is -0.488 e. The Morgan fingerprint density at radius 1 is 0.921 bits per heavy atom. The molecule has 1 aliphatic carbocycles. The van der Waals surface area contributed by atoms with Crippen molar-refractivity contribution in [3.8, 4) is 5.75 Å². The number of allylic oxidation sites excluding steroid dienone is 2. The van der Waals surface area contributed by atoms with Crippen molar-refractivity contribution in [1.29, 1.82) is 0 Å². The monoisotopic (exact) mass is 538 g/mol. The molecule has 0 saturated carbocycles. The van der Waals surface area contributed by atoms with Crippen molar-refractivity contribution in [2.24, 2.45) is 10.9 Å². The van der Waals surface area contributed by atoms with E-state index in [1.54, 1.807) is 0 Å². The van der Waals surface area contributed by atoms with Gasteiger partial charge in [-0.2, -0.15) is 0 Å². The first-order valence-electron chi connectivity index (χ1n) is 12.9. The topological polar surface area (TPSA) is 33.6 Å². The Bertz CT molecular complexity index is 1510. The van der Waals surface area contributed by atoms with Crippen LogP contribution in [0.3, 0.4) is 0 Å². The molecule has 0 saturated heterocycles. The number of nitrogens with one attached hydrogen (secondary N) is 1. The molecule has 5 heteroatoms. The molecule has 6 rings (SSSR count). The Labute approximate surface area is 233 Å². The largest absolute Gasteiger partial charge is 0.488 e. The molecule has 1 aliphatic heterocycles. The lowest BCUT2D eigenvalue weighted by Gasteiger charge is -2.37. The van der Waals surface area contributed by atoms with E-state index in [4.69, 9.17) is 32.9 Å². The summed E-state index contributed by atoms with van der Waals surface area (Å²) in [6.45, 7) is 2.60. The maximum Gasteiger partial charge on any atom is 0.128 e. The smallest absolute Gasteiger partial charge is 0.128 e. The molecular formula is C33H28Cl2N2O. The van der Waals surface area contributed by atoms with E-state index in [9.17, 15) is 0 Å². The molecule has 0 fully saturated rings. The fraction of sp³-hybridized carbons (Fsp3) is 0.182. The van der Waals surface area contributed by atoms with Crippen LogP contribution in [0.1, 0.15) is 46.2 Å². The number of rotatable bonds is 6. The number of aliphatic imine (C=N–C) groups is 1. The average molecular weight is 540 g/mol. The predicted molar refractivity (Wildman–Crippen MR) is 158 cm³/mol. The summed E-state index contributed by atoms with van der Waals surface area (Å²) in [7, 11) is 0. The van der Waals surface area contributed by atoms with E-state index in [-0.39, 0.29) is 6.04 Å². The normalized spacial score (nSPS) is 19.7. The van der Waals surface area contributed by atoms with Gasteiger partial charge in [-0.25, -0.2) is 0 Å². The third-order valence-corrected chi connectivity index (χ3v) is 7.89. The second kappa shape index (κ2) is 10.7. The van der Waals surface area contributed by atoms with E-state index in [1.807, 2.05) is 48.7 Å². The fourth-order valence-corrected chi connectivity index (χ4v) is 5.76. The van der Waals surface area contributed by atoms with Crippen LogP contribution < -0.4 is 10.1 Å². The van der Waals surface area contributed by atoms with Gasteiger partial charge >= 0.3 is 0 Å². The lowest BCUT2D eigenvalue weighted by atomic mass is 9.76. The van der Waals surface area contributed by atoms with Crippen LogP contribution in [0, 0.1) is 12.8 Å². The van der Waals surface area contributed by atoms with Crippen molar-refractivity contribution in [1.82, 2.24) is 0 Å². The van der Waals surface area contributed by atoms with E-state index >= 15 is 0 Å². The van der Waals surface area contributed by atoms with Gasteiger partial charge in [-0.3, -0.25) is 4.99 Å². The minimum absolute atomic E-state index is 0.268. The number of hydrogen-bond acceptors (Lipinski definition) is 3. The number of halogens is 2. The first kappa shape index (κ1) is 24.8. The fourth-order valence-electron chi connectivity index (χ4n) is 5.45. The van der Waals surface area contributed by atoms with E-state index < -0.39 is 0 Å². The van der Waals surface area contributed by atoms with Crippen molar-refractivity contribution in [3.63, 3.8) is 0 Å². The zero-order valence-corrected chi connectivity index (χ0v) is 22.6. The summed E-state index contributed by atoms with van der Waals surface area (Å²) in [6.07, 6.45) is 7.61. The molecule has 0 unspecified atom stereocenters. The first-order chi connectivity index (χ1) is 18.5. The summed E-state index contributed by atoms with van der Waals surface area (Å²) in [5, 5.41) is 5.16. The number of hydrogen-bond donors (Lipinski definition) is 1. The van der Waals surface area contributed by atoms with E-state index in [2.05, 4.69) is 66.9 Å². The molecule has 0 radical (unpaired) electrons. The van der Waals surface area contributed by atoms with Gasteiger partial charge in [-0.1, -0.05) is 77.3 Å². The number of fused-ring (bicyclic) bond motifs is 3. The number of ether oxygens (including phenoxy) is 1. The van der Waals surface area contributed by atoms with Gasteiger partial charge in [-0.15, -0.1) is 0 Å². The molecule has 4 aromatic carbocycles. The molecule has 0 spiro atoms. The summed E-state index contributed by atoms with van der Waals surface area (Å²) in [5.41, 5.74) is 7.99. The van der Waals surface area contributed by atoms with Gasteiger partial charge < -0.3 is 10.1 Å². The summed E-state index contributed by atoms with van der Waals surface area (Å²) >= 11 is 12.3. The molecule has 0 amide bonds. The molecule has 190 valence electrons. The van der Waals surface area contributed by atoms with Gasteiger partial charge in [0.25, 0.3) is 0 Å². The molecule has 1 N–H and O–H groups in total. The molecule has 3 atom stereocenters. The van der Waals surface area contributed by atoms with Gasteiger partial charge in [0.15, 0.2) is 0 Å². The van der Waals surface area contributed by atoms with Crippen LogP contribution in [-0.4, -0.2) is 6.21 Å².